The van der Waals surface area contributed by atoms with E-state index >= 15 is 0 Å². The van der Waals surface area contributed by atoms with E-state index in [-0.39, 0.29) is 37.5 Å². The number of carbonyl (C=O) groups excluding carboxylic acids is 3. The van der Waals surface area contributed by atoms with Gasteiger partial charge in [0.25, 0.3) is 0 Å². The van der Waals surface area contributed by atoms with E-state index < -0.39 is 6.10 Å². The van der Waals surface area contributed by atoms with Gasteiger partial charge in [-0.1, -0.05) is 287 Å². The van der Waals surface area contributed by atoms with Crippen LogP contribution in [0.5, 0.6) is 0 Å². The molecule has 6 nitrogen and oxygen atoms in total. The number of hydrogen-bond acceptors (Lipinski definition) is 6. The summed E-state index contributed by atoms with van der Waals surface area (Å²) in [6.07, 6.45) is 99.3. The zero-order chi connectivity index (χ0) is 58.5. The molecular formula is C75H118O6. The summed E-state index contributed by atoms with van der Waals surface area (Å²) in [7, 11) is 0. The predicted octanol–water partition coefficient (Wildman–Crippen LogP) is 22.7. The van der Waals surface area contributed by atoms with E-state index in [0.29, 0.717) is 19.3 Å². The van der Waals surface area contributed by atoms with Crippen molar-refractivity contribution in [2.75, 3.05) is 13.2 Å². The lowest BCUT2D eigenvalue weighted by Crippen LogP contribution is -2.30. The van der Waals surface area contributed by atoms with Crippen molar-refractivity contribution < 1.29 is 28.6 Å². The van der Waals surface area contributed by atoms with Crippen molar-refractivity contribution in [1.29, 1.82) is 0 Å². The minimum Gasteiger partial charge on any atom is -0.462 e. The molecule has 6 heteroatoms. The topological polar surface area (TPSA) is 78.9 Å². The van der Waals surface area contributed by atoms with Crippen molar-refractivity contribution in [3.8, 4) is 0 Å². The fourth-order valence-corrected chi connectivity index (χ4v) is 8.41. The molecule has 0 fully saturated rings. The van der Waals surface area contributed by atoms with Gasteiger partial charge in [0.05, 0.1) is 0 Å². The Hall–Kier alpha value is -5.23. The van der Waals surface area contributed by atoms with Crippen LogP contribution >= 0.6 is 0 Å². The molecule has 0 rings (SSSR count). The molecule has 0 aliphatic carbocycles. The van der Waals surface area contributed by atoms with E-state index in [1.165, 1.54) is 64.2 Å². The second-order valence-corrected chi connectivity index (χ2v) is 20.9. The van der Waals surface area contributed by atoms with Gasteiger partial charge < -0.3 is 14.2 Å². The number of carbonyl (C=O) groups is 3. The maximum Gasteiger partial charge on any atom is 0.306 e. The summed E-state index contributed by atoms with van der Waals surface area (Å²) < 4.78 is 16.9. The van der Waals surface area contributed by atoms with Crippen LogP contribution in [0.1, 0.15) is 265 Å². The first-order valence-corrected chi connectivity index (χ1v) is 32.6. The summed E-state index contributed by atoms with van der Waals surface area (Å²) >= 11 is 0. The first-order chi connectivity index (χ1) is 40.0. The molecule has 0 aromatic heterocycles. The summed E-state index contributed by atoms with van der Waals surface area (Å²) in [5.74, 6) is -0.996. The highest BCUT2D eigenvalue weighted by atomic mass is 16.6. The molecule has 0 aromatic rings. The van der Waals surface area contributed by atoms with Crippen LogP contribution in [0.4, 0.5) is 0 Å². The molecule has 0 aromatic carbocycles. The third-order valence-electron chi connectivity index (χ3n) is 13.2. The Balaban J connectivity index is 4.50. The number of unbranched alkanes of at least 4 members (excludes halogenated alkanes) is 18. The lowest BCUT2D eigenvalue weighted by atomic mass is 10.0. The Bertz CT molecular complexity index is 1860. The number of rotatable bonds is 57. The molecule has 0 amide bonds. The van der Waals surface area contributed by atoms with Gasteiger partial charge in [0, 0.05) is 19.3 Å². The standard InChI is InChI=1S/C75H118O6/c1-4-7-10-13-16-19-22-25-27-29-31-33-35-36-37-38-40-41-43-45-47-50-53-56-59-62-65-68-74(77)80-71-72(70-79-73(76)67-64-61-58-55-52-49-24-21-18-15-12-9-6-3)81-75(78)69-66-63-60-57-54-51-48-46-44-42-39-34-32-30-28-26-23-20-17-14-11-8-5-2/h7-8,10-11,16-17,19-20,25-28,31-34,36-37,40-42,44-45,47-48,51,57,60,72H,4-6,9,12-15,18,21-24,29-30,35,38-39,43,46,49-50,52-56,58-59,61-71H2,1-3H3/b10-7-,11-8-,19-16-,20-17-,27-25-,28-26-,33-31-,34-32-,37-36-,41-40-,44-42-,47-45-,51-48-,60-57-. The van der Waals surface area contributed by atoms with Crippen molar-refractivity contribution in [3.05, 3.63) is 170 Å². The van der Waals surface area contributed by atoms with E-state index in [0.717, 1.165) is 154 Å². The molecule has 0 spiro atoms. The van der Waals surface area contributed by atoms with Crippen molar-refractivity contribution in [2.45, 2.75) is 271 Å². The summed E-state index contributed by atoms with van der Waals surface area (Å²) in [4.78, 5) is 38.3. The van der Waals surface area contributed by atoms with Gasteiger partial charge in [0.2, 0.25) is 0 Å². The molecule has 0 aliphatic heterocycles. The third-order valence-corrected chi connectivity index (χ3v) is 13.2. The Labute approximate surface area is 498 Å². The summed E-state index contributed by atoms with van der Waals surface area (Å²) in [5, 5.41) is 0. The zero-order valence-electron chi connectivity index (χ0n) is 52.0. The Morgan fingerprint density at radius 2 is 0.494 bits per heavy atom. The predicted molar refractivity (Wildman–Crippen MR) is 352 cm³/mol. The van der Waals surface area contributed by atoms with Crippen molar-refractivity contribution in [1.82, 2.24) is 0 Å². The molecule has 0 heterocycles. The molecule has 454 valence electrons. The van der Waals surface area contributed by atoms with E-state index in [4.69, 9.17) is 14.2 Å². The van der Waals surface area contributed by atoms with Crippen LogP contribution in [-0.2, 0) is 28.6 Å². The molecule has 0 radical (unpaired) electrons. The monoisotopic (exact) mass is 1110 g/mol. The molecule has 0 aliphatic rings. The second-order valence-electron chi connectivity index (χ2n) is 20.9. The summed E-state index contributed by atoms with van der Waals surface area (Å²) in [6, 6.07) is 0. The average molecular weight is 1120 g/mol. The summed E-state index contributed by atoms with van der Waals surface area (Å²) in [5.41, 5.74) is 0. The largest absolute Gasteiger partial charge is 0.462 e. The fourth-order valence-electron chi connectivity index (χ4n) is 8.41. The third kappa shape index (κ3) is 65.5. The van der Waals surface area contributed by atoms with Crippen LogP contribution in [0.3, 0.4) is 0 Å². The van der Waals surface area contributed by atoms with Gasteiger partial charge in [0.1, 0.15) is 13.2 Å². The molecule has 81 heavy (non-hydrogen) atoms. The lowest BCUT2D eigenvalue weighted by molar-refractivity contribution is -0.167. The van der Waals surface area contributed by atoms with Crippen LogP contribution in [0.25, 0.3) is 0 Å². The quantitative estimate of drug-likeness (QED) is 0.0261. The van der Waals surface area contributed by atoms with Crippen LogP contribution in [0.15, 0.2) is 170 Å². The molecule has 1 atom stereocenters. The molecule has 0 N–H and O–H groups in total. The van der Waals surface area contributed by atoms with Gasteiger partial charge in [-0.15, -0.1) is 0 Å². The maximum atomic E-state index is 12.9. The highest BCUT2D eigenvalue weighted by Crippen LogP contribution is 2.15. The normalized spacial score (nSPS) is 13.3. The second kappa shape index (κ2) is 67.3. The highest BCUT2D eigenvalue weighted by Gasteiger charge is 2.19. The molecule has 0 bridgehead atoms. The minimum atomic E-state index is -0.826. The van der Waals surface area contributed by atoms with Gasteiger partial charge in [-0.2, -0.15) is 0 Å². The van der Waals surface area contributed by atoms with Gasteiger partial charge in [-0.05, 0) is 128 Å². The molecule has 1 unspecified atom stereocenters. The highest BCUT2D eigenvalue weighted by molar-refractivity contribution is 5.71. The van der Waals surface area contributed by atoms with E-state index in [1.54, 1.807) is 0 Å². The maximum absolute atomic E-state index is 12.9. The average Bonchev–Trinajstić information content (AvgIpc) is 3.46. The number of ether oxygens (including phenoxy) is 3. The number of esters is 3. The molecule has 0 saturated carbocycles. The van der Waals surface area contributed by atoms with Gasteiger partial charge in [0.15, 0.2) is 6.10 Å². The van der Waals surface area contributed by atoms with E-state index in [1.807, 2.05) is 0 Å². The van der Waals surface area contributed by atoms with Crippen LogP contribution in [-0.4, -0.2) is 37.2 Å². The Morgan fingerprint density at radius 1 is 0.259 bits per heavy atom. The first-order valence-electron chi connectivity index (χ1n) is 32.6. The van der Waals surface area contributed by atoms with Crippen LogP contribution in [0, 0.1) is 0 Å². The fraction of sp³-hybridized carbons (Fsp3) is 0.587. The van der Waals surface area contributed by atoms with Gasteiger partial charge >= 0.3 is 17.9 Å². The molecular weight excluding hydrogens is 997 g/mol. The van der Waals surface area contributed by atoms with Gasteiger partial charge in [-0.25, -0.2) is 0 Å². The Morgan fingerprint density at radius 3 is 0.790 bits per heavy atom. The lowest BCUT2D eigenvalue weighted by Gasteiger charge is -2.18. The van der Waals surface area contributed by atoms with Crippen molar-refractivity contribution >= 4 is 17.9 Å². The summed E-state index contributed by atoms with van der Waals surface area (Å²) in [6.45, 7) is 6.35. The van der Waals surface area contributed by atoms with Crippen LogP contribution in [0.2, 0.25) is 0 Å². The smallest absolute Gasteiger partial charge is 0.306 e. The zero-order valence-corrected chi connectivity index (χ0v) is 52.0. The molecule has 0 saturated heterocycles. The number of allylic oxidation sites excluding steroid dienone is 28. The van der Waals surface area contributed by atoms with Crippen molar-refractivity contribution in [2.24, 2.45) is 0 Å². The SMILES string of the molecule is CC/C=C\C/C=C\C/C=C\C/C=C\C/C=C\C/C=C\C/C=C\CCCCCCCC(=O)OCC(COC(=O)CCCCCCCCCCCCCCC)OC(=O)CCC/C=C\C/C=C\C/C=C\C/C=C\C/C=C\C/C=C\C/C=C\CC. The van der Waals surface area contributed by atoms with E-state index in [2.05, 4.69) is 191 Å². The van der Waals surface area contributed by atoms with Crippen molar-refractivity contribution in [3.63, 3.8) is 0 Å². The first kappa shape index (κ1) is 75.8. The Kier molecular flexibility index (Phi) is 62.9. The van der Waals surface area contributed by atoms with Crippen LogP contribution < -0.4 is 0 Å². The minimum absolute atomic E-state index is 0.113. The number of hydrogen-bond donors (Lipinski definition) is 0. The van der Waals surface area contributed by atoms with Gasteiger partial charge in [-0.3, -0.25) is 14.4 Å². The van der Waals surface area contributed by atoms with E-state index in [9.17, 15) is 14.4 Å².